The van der Waals surface area contributed by atoms with E-state index in [4.69, 9.17) is 14.4 Å². The molecule has 0 saturated carbocycles. The fourth-order valence-electron chi connectivity index (χ4n) is 2.02. The lowest BCUT2D eigenvalue weighted by atomic mass is 9.78. The summed E-state index contributed by atoms with van der Waals surface area (Å²) in [4.78, 5) is 4.35. The molecule has 0 spiro atoms. The summed E-state index contributed by atoms with van der Waals surface area (Å²) >= 11 is 1.50. The first-order valence-electron chi connectivity index (χ1n) is 7.05. The first kappa shape index (κ1) is 16.6. The Bertz CT molecular complexity index is 512. The summed E-state index contributed by atoms with van der Waals surface area (Å²) in [6.07, 6.45) is 1.97. The molecule has 1 aliphatic heterocycles. The lowest BCUT2D eigenvalue weighted by Crippen LogP contribution is -2.41. The number of nitrogens with one attached hydrogen (secondary N) is 1. The predicted molar refractivity (Wildman–Crippen MR) is 86.0 cm³/mol. The molecule has 0 aromatic carbocycles. The van der Waals surface area contributed by atoms with Crippen LogP contribution in [0.25, 0.3) is 6.08 Å². The van der Waals surface area contributed by atoms with E-state index in [1.54, 1.807) is 0 Å². The second kappa shape index (κ2) is 6.18. The van der Waals surface area contributed by atoms with Gasteiger partial charge in [-0.3, -0.25) is 0 Å². The number of thiazole rings is 1. The van der Waals surface area contributed by atoms with Crippen LogP contribution in [-0.2, 0) is 15.9 Å². The van der Waals surface area contributed by atoms with Gasteiger partial charge in [-0.1, -0.05) is 0 Å². The van der Waals surface area contributed by atoms with E-state index in [0.29, 0.717) is 12.2 Å². The molecule has 0 aliphatic carbocycles. The van der Waals surface area contributed by atoms with Crippen molar-refractivity contribution in [1.29, 1.82) is 0 Å². The van der Waals surface area contributed by atoms with E-state index in [-0.39, 0.29) is 24.9 Å². The number of hydrogen-bond donors (Lipinski definition) is 2. The molecule has 0 amide bonds. The molecule has 0 atom stereocenters. The third-order valence-electron chi connectivity index (χ3n) is 3.98. The monoisotopic (exact) mass is 310 g/mol. The average Bonchev–Trinajstić information content (AvgIpc) is 2.92. The van der Waals surface area contributed by atoms with Gasteiger partial charge in [0.1, 0.15) is 5.01 Å². The van der Waals surface area contributed by atoms with Crippen molar-refractivity contribution >= 4 is 24.5 Å². The van der Waals surface area contributed by atoms with Gasteiger partial charge in [0.05, 0.1) is 23.5 Å². The Labute approximate surface area is 130 Å². The van der Waals surface area contributed by atoms with E-state index >= 15 is 0 Å². The van der Waals surface area contributed by atoms with Gasteiger partial charge in [-0.05, 0) is 46.3 Å². The second-order valence-corrected chi connectivity index (χ2v) is 7.06. The smallest absolute Gasteiger partial charge is 0.400 e. The van der Waals surface area contributed by atoms with Gasteiger partial charge in [-0.25, -0.2) is 4.98 Å². The highest BCUT2D eigenvalue weighted by Crippen LogP contribution is 2.38. The summed E-state index contributed by atoms with van der Waals surface area (Å²) in [7, 11) is 1.50. The number of hydrogen-bond acceptors (Lipinski definition) is 6. The molecule has 0 unspecified atom stereocenters. The topological polar surface area (TPSA) is 63.6 Å². The molecule has 0 bridgehead atoms. The van der Waals surface area contributed by atoms with E-state index in [0.717, 1.165) is 10.5 Å². The van der Waals surface area contributed by atoms with Gasteiger partial charge in [0, 0.05) is 11.9 Å². The molecule has 116 valence electrons. The highest BCUT2D eigenvalue weighted by atomic mass is 32.1. The Hall–Kier alpha value is -0.725. The van der Waals surface area contributed by atoms with Gasteiger partial charge in [-0.15, -0.1) is 11.3 Å². The van der Waals surface area contributed by atoms with Gasteiger partial charge in [0.2, 0.25) is 0 Å². The molecule has 2 rings (SSSR count). The minimum absolute atomic E-state index is 0.0395. The lowest BCUT2D eigenvalue weighted by molar-refractivity contribution is 0.00578. The van der Waals surface area contributed by atoms with Crippen molar-refractivity contribution in [2.45, 2.75) is 45.5 Å². The van der Waals surface area contributed by atoms with Crippen LogP contribution in [0.4, 0.5) is 0 Å². The number of aromatic nitrogens is 1. The zero-order valence-electron chi connectivity index (χ0n) is 13.3. The molecule has 2 heterocycles. The molecule has 1 saturated heterocycles. The summed E-state index contributed by atoms with van der Waals surface area (Å²) in [5.74, 6) is 0. The fourth-order valence-corrected chi connectivity index (χ4v) is 2.79. The van der Waals surface area contributed by atoms with Crippen LogP contribution < -0.4 is 5.32 Å². The van der Waals surface area contributed by atoms with Gasteiger partial charge >= 0.3 is 7.12 Å². The fraction of sp³-hybridized carbons (Fsp3) is 0.643. The van der Waals surface area contributed by atoms with Crippen molar-refractivity contribution < 1.29 is 14.4 Å². The van der Waals surface area contributed by atoms with Crippen molar-refractivity contribution in [3.05, 3.63) is 21.6 Å². The van der Waals surface area contributed by atoms with Crippen LogP contribution in [0.2, 0.25) is 0 Å². The Balaban J connectivity index is 2.24. The largest absolute Gasteiger partial charge is 0.491 e. The van der Waals surface area contributed by atoms with Crippen LogP contribution in [0.5, 0.6) is 0 Å². The summed E-state index contributed by atoms with van der Waals surface area (Å²) in [6, 6.07) is 0. The Kier molecular flexibility index (Phi) is 4.90. The Morgan fingerprint density at radius 3 is 2.48 bits per heavy atom. The van der Waals surface area contributed by atoms with Gasteiger partial charge in [-0.2, -0.15) is 0 Å². The molecule has 1 aliphatic rings. The summed E-state index contributed by atoms with van der Waals surface area (Å²) in [6.45, 7) is 8.77. The molecule has 7 heteroatoms. The number of rotatable bonds is 5. The quantitative estimate of drug-likeness (QED) is 0.813. The third-order valence-corrected chi connectivity index (χ3v) is 4.82. The average molecular weight is 310 g/mol. The third kappa shape index (κ3) is 3.55. The van der Waals surface area contributed by atoms with Crippen LogP contribution in [-0.4, -0.2) is 42.0 Å². The highest BCUT2D eigenvalue weighted by molar-refractivity contribution is 7.10. The molecule has 5 nitrogen and oxygen atoms in total. The second-order valence-electron chi connectivity index (χ2n) is 6.17. The predicted octanol–water partition coefficient (Wildman–Crippen LogP) is 1.87. The van der Waals surface area contributed by atoms with E-state index in [9.17, 15) is 0 Å². The Morgan fingerprint density at radius 2 is 2.00 bits per heavy atom. The van der Waals surface area contributed by atoms with Crippen LogP contribution in [0.3, 0.4) is 0 Å². The maximum atomic E-state index is 9.10. The van der Waals surface area contributed by atoms with Gasteiger partial charge in [0.25, 0.3) is 0 Å². The maximum Gasteiger partial charge on any atom is 0.491 e. The van der Waals surface area contributed by atoms with E-state index in [2.05, 4.69) is 10.3 Å². The van der Waals surface area contributed by atoms with E-state index in [1.807, 2.05) is 46.2 Å². The summed E-state index contributed by atoms with van der Waals surface area (Å²) in [5, 5.41) is 14.9. The molecule has 21 heavy (non-hydrogen) atoms. The zero-order chi connectivity index (χ0) is 15.7. The molecular formula is C14H23BN2O3S. The molecular weight excluding hydrogens is 287 g/mol. The normalized spacial score (nSPS) is 21.0. The minimum Gasteiger partial charge on any atom is -0.400 e. The van der Waals surface area contributed by atoms with Crippen molar-refractivity contribution in [3.63, 3.8) is 0 Å². The SMILES string of the molecule is CNCC(=Cc1nc(CO)cs1)B1OC(C)(C)C(C)(C)O1. The number of nitrogens with zero attached hydrogens (tertiary/aromatic N) is 1. The first-order chi connectivity index (χ1) is 9.79. The number of aliphatic hydroxyl groups is 1. The number of aliphatic hydroxyl groups excluding tert-OH is 1. The molecule has 0 radical (unpaired) electrons. The molecule has 1 aromatic rings. The van der Waals surface area contributed by atoms with E-state index in [1.165, 1.54) is 11.3 Å². The molecule has 1 aromatic heterocycles. The van der Waals surface area contributed by atoms with Crippen LogP contribution >= 0.6 is 11.3 Å². The maximum absolute atomic E-state index is 9.10. The zero-order valence-corrected chi connectivity index (χ0v) is 14.1. The minimum atomic E-state index is -0.385. The van der Waals surface area contributed by atoms with Crippen LogP contribution in [0, 0.1) is 0 Å². The summed E-state index contributed by atoms with van der Waals surface area (Å²) < 4.78 is 12.2. The van der Waals surface area contributed by atoms with Crippen LogP contribution in [0.15, 0.2) is 10.9 Å². The standard InChI is InChI=1S/C14H23BN2O3S/c1-13(2)14(3,4)20-15(19-13)10(7-16-5)6-12-17-11(8-18)9-21-12/h6,9,16,18H,7-8H2,1-5H3. The van der Waals surface area contributed by atoms with Crippen molar-refractivity contribution in [1.82, 2.24) is 10.3 Å². The number of likely N-dealkylation sites (N-methyl/N-ethyl adjacent to an activating group) is 1. The van der Waals surface area contributed by atoms with Gasteiger partial charge < -0.3 is 19.7 Å². The lowest BCUT2D eigenvalue weighted by Gasteiger charge is -2.32. The molecule has 1 fully saturated rings. The van der Waals surface area contributed by atoms with Crippen molar-refractivity contribution in [2.24, 2.45) is 0 Å². The van der Waals surface area contributed by atoms with Gasteiger partial charge in [0.15, 0.2) is 0 Å². The summed E-state index contributed by atoms with van der Waals surface area (Å²) in [5.41, 5.74) is 0.965. The Morgan fingerprint density at radius 1 is 1.38 bits per heavy atom. The van der Waals surface area contributed by atoms with Crippen molar-refractivity contribution in [2.75, 3.05) is 13.6 Å². The van der Waals surface area contributed by atoms with Crippen molar-refractivity contribution in [3.8, 4) is 0 Å². The van der Waals surface area contributed by atoms with E-state index < -0.39 is 0 Å². The molecule has 2 N–H and O–H groups in total. The highest BCUT2D eigenvalue weighted by Gasteiger charge is 2.52. The van der Waals surface area contributed by atoms with Crippen LogP contribution in [0.1, 0.15) is 38.4 Å². The first-order valence-corrected chi connectivity index (χ1v) is 7.93.